The maximum atomic E-state index is 12.6. The SMILES string of the molecule is CCCN1CCN(S(=O)(=O)c2ccc(CNCC)s2)CC1. The van der Waals surface area contributed by atoms with Gasteiger partial charge in [0, 0.05) is 37.6 Å². The highest BCUT2D eigenvalue weighted by Crippen LogP contribution is 2.25. The van der Waals surface area contributed by atoms with Crippen molar-refractivity contribution in [3.05, 3.63) is 17.0 Å². The number of nitrogens with one attached hydrogen (secondary N) is 1. The van der Waals surface area contributed by atoms with Crippen LogP contribution in [-0.4, -0.2) is 56.9 Å². The molecule has 0 aliphatic carbocycles. The summed E-state index contributed by atoms with van der Waals surface area (Å²) in [6.45, 7) is 9.75. The second-order valence-electron chi connectivity index (χ2n) is 5.25. The predicted octanol–water partition coefficient (Wildman–Crippen LogP) is 1.57. The molecule has 0 bridgehead atoms. The minimum Gasteiger partial charge on any atom is -0.312 e. The maximum absolute atomic E-state index is 12.6. The van der Waals surface area contributed by atoms with Gasteiger partial charge in [-0.15, -0.1) is 11.3 Å². The first-order valence-corrected chi connectivity index (χ1v) is 9.85. The normalized spacial score (nSPS) is 18.2. The molecule has 1 aromatic heterocycles. The molecular weight excluding hydrogens is 306 g/mol. The smallest absolute Gasteiger partial charge is 0.252 e. The van der Waals surface area contributed by atoms with E-state index < -0.39 is 10.0 Å². The zero-order valence-electron chi connectivity index (χ0n) is 12.8. The third-order valence-corrected chi connectivity index (χ3v) is 7.10. The molecule has 1 saturated heterocycles. The van der Waals surface area contributed by atoms with Crippen molar-refractivity contribution in [2.75, 3.05) is 39.3 Å². The Morgan fingerprint density at radius 3 is 2.52 bits per heavy atom. The summed E-state index contributed by atoms with van der Waals surface area (Å²) in [4.78, 5) is 3.40. The average molecular weight is 332 g/mol. The summed E-state index contributed by atoms with van der Waals surface area (Å²) in [6.07, 6.45) is 1.12. The van der Waals surface area contributed by atoms with Gasteiger partial charge < -0.3 is 10.2 Å². The third kappa shape index (κ3) is 4.26. The number of piperazine rings is 1. The summed E-state index contributed by atoms with van der Waals surface area (Å²) in [5, 5.41) is 3.22. The lowest BCUT2D eigenvalue weighted by molar-refractivity contribution is 0.189. The number of thiophene rings is 1. The fourth-order valence-electron chi connectivity index (χ4n) is 2.48. The van der Waals surface area contributed by atoms with E-state index in [4.69, 9.17) is 0 Å². The topological polar surface area (TPSA) is 52.7 Å². The van der Waals surface area contributed by atoms with Gasteiger partial charge in [-0.05, 0) is 31.6 Å². The van der Waals surface area contributed by atoms with Gasteiger partial charge in [-0.1, -0.05) is 13.8 Å². The van der Waals surface area contributed by atoms with Crippen LogP contribution in [0.1, 0.15) is 25.1 Å². The first-order chi connectivity index (χ1) is 10.1. The lowest BCUT2D eigenvalue weighted by atomic mass is 10.3. The third-order valence-electron chi connectivity index (χ3n) is 3.65. The van der Waals surface area contributed by atoms with Crippen molar-refractivity contribution in [2.45, 2.75) is 31.0 Å². The van der Waals surface area contributed by atoms with Crippen LogP contribution in [0.3, 0.4) is 0 Å². The summed E-state index contributed by atoms with van der Waals surface area (Å²) in [5.41, 5.74) is 0. The summed E-state index contributed by atoms with van der Waals surface area (Å²) < 4.78 is 27.4. The van der Waals surface area contributed by atoms with Crippen molar-refractivity contribution < 1.29 is 8.42 Å². The van der Waals surface area contributed by atoms with Crippen LogP contribution in [0.2, 0.25) is 0 Å². The van der Waals surface area contributed by atoms with Crippen molar-refractivity contribution >= 4 is 21.4 Å². The van der Waals surface area contributed by atoms with Crippen molar-refractivity contribution in [3.63, 3.8) is 0 Å². The Morgan fingerprint density at radius 1 is 1.19 bits per heavy atom. The zero-order valence-corrected chi connectivity index (χ0v) is 14.5. The first-order valence-electron chi connectivity index (χ1n) is 7.59. The number of sulfonamides is 1. The number of hydrogen-bond donors (Lipinski definition) is 1. The molecular formula is C14H25N3O2S2. The molecule has 0 spiro atoms. The van der Waals surface area contributed by atoms with Gasteiger partial charge in [-0.25, -0.2) is 8.42 Å². The van der Waals surface area contributed by atoms with E-state index in [2.05, 4.69) is 17.1 Å². The van der Waals surface area contributed by atoms with E-state index >= 15 is 0 Å². The molecule has 0 atom stereocenters. The number of hydrogen-bond acceptors (Lipinski definition) is 5. The quantitative estimate of drug-likeness (QED) is 0.824. The molecule has 0 radical (unpaired) electrons. The van der Waals surface area contributed by atoms with Crippen LogP contribution in [0.15, 0.2) is 16.3 Å². The van der Waals surface area contributed by atoms with Gasteiger partial charge in [0.15, 0.2) is 0 Å². The van der Waals surface area contributed by atoms with Crippen LogP contribution < -0.4 is 5.32 Å². The van der Waals surface area contributed by atoms with Crippen LogP contribution in [0.25, 0.3) is 0 Å². The predicted molar refractivity (Wildman–Crippen MR) is 87.2 cm³/mol. The Morgan fingerprint density at radius 2 is 1.90 bits per heavy atom. The largest absolute Gasteiger partial charge is 0.312 e. The molecule has 21 heavy (non-hydrogen) atoms. The molecule has 120 valence electrons. The van der Waals surface area contributed by atoms with E-state index in [1.165, 1.54) is 11.3 Å². The van der Waals surface area contributed by atoms with E-state index in [1.807, 2.05) is 13.0 Å². The Balaban J connectivity index is 2.00. The van der Waals surface area contributed by atoms with Gasteiger partial charge in [-0.3, -0.25) is 0 Å². The number of rotatable bonds is 7. The van der Waals surface area contributed by atoms with Crippen LogP contribution in [0.4, 0.5) is 0 Å². The second kappa shape index (κ2) is 7.69. The van der Waals surface area contributed by atoms with Gasteiger partial charge in [0.2, 0.25) is 0 Å². The molecule has 5 nitrogen and oxygen atoms in total. The second-order valence-corrected chi connectivity index (χ2v) is 8.58. The van der Waals surface area contributed by atoms with Crippen LogP contribution in [-0.2, 0) is 16.6 Å². The summed E-state index contributed by atoms with van der Waals surface area (Å²) in [6, 6.07) is 3.65. The molecule has 0 saturated carbocycles. The summed E-state index contributed by atoms with van der Waals surface area (Å²) in [5.74, 6) is 0. The highest BCUT2D eigenvalue weighted by atomic mass is 32.2. The summed E-state index contributed by atoms with van der Waals surface area (Å²) in [7, 11) is -3.31. The molecule has 2 rings (SSSR count). The van der Waals surface area contributed by atoms with E-state index in [1.54, 1.807) is 10.4 Å². The Kier molecular flexibility index (Phi) is 6.19. The Hall–Kier alpha value is -0.470. The average Bonchev–Trinajstić information content (AvgIpc) is 2.96. The minimum atomic E-state index is -3.31. The van der Waals surface area contributed by atoms with Gasteiger partial charge in [0.25, 0.3) is 10.0 Å². The molecule has 1 aliphatic rings. The monoisotopic (exact) mass is 331 g/mol. The lowest BCUT2D eigenvalue weighted by Crippen LogP contribution is -2.48. The molecule has 2 heterocycles. The molecule has 7 heteroatoms. The fraction of sp³-hybridized carbons (Fsp3) is 0.714. The van der Waals surface area contributed by atoms with Gasteiger partial charge in [0.1, 0.15) is 4.21 Å². The highest BCUT2D eigenvalue weighted by molar-refractivity contribution is 7.91. The van der Waals surface area contributed by atoms with Crippen molar-refractivity contribution in [3.8, 4) is 0 Å². The van der Waals surface area contributed by atoms with Crippen molar-refractivity contribution in [2.24, 2.45) is 0 Å². The number of nitrogens with zero attached hydrogens (tertiary/aromatic N) is 2. The van der Waals surface area contributed by atoms with Gasteiger partial charge in [0.05, 0.1) is 0 Å². The molecule has 1 aromatic rings. The lowest BCUT2D eigenvalue weighted by Gasteiger charge is -2.33. The van der Waals surface area contributed by atoms with Crippen LogP contribution >= 0.6 is 11.3 Å². The van der Waals surface area contributed by atoms with Gasteiger partial charge in [-0.2, -0.15) is 4.31 Å². The van der Waals surface area contributed by atoms with Crippen molar-refractivity contribution in [1.29, 1.82) is 0 Å². The van der Waals surface area contributed by atoms with E-state index in [-0.39, 0.29) is 0 Å². The van der Waals surface area contributed by atoms with E-state index in [0.717, 1.165) is 44.0 Å². The highest BCUT2D eigenvalue weighted by Gasteiger charge is 2.29. The standard InChI is InChI=1S/C14H25N3O2S2/c1-3-7-16-8-10-17(11-9-16)21(18,19)14-6-5-13(20-14)12-15-4-2/h5-6,15H,3-4,7-12H2,1-2H3. The van der Waals surface area contributed by atoms with E-state index in [0.29, 0.717) is 17.3 Å². The van der Waals surface area contributed by atoms with Crippen LogP contribution in [0, 0.1) is 0 Å². The molecule has 0 unspecified atom stereocenters. The zero-order chi connectivity index (χ0) is 15.3. The van der Waals surface area contributed by atoms with Crippen molar-refractivity contribution in [1.82, 2.24) is 14.5 Å². The van der Waals surface area contributed by atoms with E-state index in [9.17, 15) is 8.42 Å². The summed E-state index contributed by atoms with van der Waals surface area (Å²) >= 11 is 1.38. The Bertz CT molecular complexity index is 534. The van der Waals surface area contributed by atoms with Gasteiger partial charge >= 0.3 is 0 Å². The fourth-order valence-corrected chi connectivity index (χ4v) is 5.38. The Labute approximate surface area is 132 Å². The first kappa shape index (κ1) is 16.9. The molecule has 1 N–H and O–H groups in total. The van der Waals surface area contributed by atoms with Crippen LogP contribution in [0.5, 0.6) is 0 Å². The molecule has 0 amide bonds. The molecule has 0 aromatic carbocycles. The minimum absolute atomic E-state index is 0.472. The molecule has 1 fully saturated rings. The molecule has 1 aliphatic heterocycles. The maximum Gasteiger partial charge on any atom is 0.252 e.